The van der Waals surface area contributed by atoms with Gasteiger partial charge in [0.05, 0.1) is 18.7 Å². The molecular formula is C19H25N3O3. The van der Waals surface area contributed by atoms with Crippen LogP contribution in [0.4, 0.5) is 5.69 Å². The monoisotopic (exact) mass is 343 g/mol. The Bertz CT molecular complexity index is 766. The summed E-state index contributed by atoms with van der Waals surface area (Å²) >= 11 is 0. The molecule has 2 rings (SSSR count). The highest BCUT2D eigenvalue weighted by Crippen LogP contribution is 2.22. The van der Waals surface area contributed by atoms with Crippen molar-refractivity contribution in [2.45, 2.75) is 41.0 Å². The lowest BCUT2D eigenvalue weighted by Gasteiger charge is -2.18. The summed E-state index contributed by atoms with van der Waals surface area (Å²) in [7, 11) is 1.62. The van der Waals surface area contributed by atoms with Crippen LogP contribution in [0.1, 0.15) is 33.7 Å². The molecule has 0 fully saturated rings. The third kappa shape index (κ3) is 4.47. The number of carbonyl (C=O) groups excluding carboxylic acids is 2. The molecule has 0 saturated carbocycles. The quantitative estimate of drug-likeness (QED) is 0.906. The Labute approximate surface area is 148 Å². The van der Waals surface area contributed by atoms with Crippen molar-refractivity contribution in [3.63, 3.8) is 0 Å². The van der Waals surface area contributed by atoms with Crippen molar-refractivity contribution in [2.75, 3.05) is 18.9 Å². The van der Waals surface area contributed by atoms with Gasteiger partial charge in [0.15, 0.2) is 0 Å². The van der Waals surface area contributed by atoms with Crippen LogP contribution in [0.15, 0.2) is 16.7 Å². The summed E-state index contributed by atoms with van der Waals surface area (Å²) in [5.41, 5.74) is 5.46. The van der Waals surface area contributed by atoms with E-state index in [9.17, 15) is 9.59 Å². The van der Waals surface area contributed by atoms with Crippen molar-refractivity contribution >= 4 is 17.5 Å². The predicted octanol–water partition coefficient (Wildman–Crippen LogP) is 2.86. The van der Waals surface area contributed by atoms with Gasteiger partial charge in [-0.05, 0) is 45.7 Å². The lowest BCUT2D eigenvalue weighted by Crippen LogP contribution is -2.36. The molecule has 0 aliphatic carbocycles. The maximum atomic E-state index is 12.4. The van der Waals surface area contributed by atoms with E-state index in [1.807, 2.05) is 32.9 Å². The van der Waals surface area contributed by atoms with E-state index in [1.54, 1.807) is 20.9 Å². The average Bonchev–Trinajstić information content (AvgIpc) is 2.82. The fourth-order valence-corrected chi connectivity index (χ4v) is 2.90. The molecule has 0 unspecified atom stereocenters. The summed E-state index contributed by atoms with van der Waals surface area (Å²) in [6.45, 7) is 9.51. The summed E-state index contributed by atoms with van der Waals surface area (Å²) in [6, 6.07) is 4.05. The molecule has 6 nitrogen and oxygen atoms in total. The topological polar surface area (TPSA) is 75.4 Å². The molecule has 25 heavy (non-hydrogen) atoms. The van der Waals surface area contributed by atoms with Crippen molar-refractivity contribution < 1.29 is 14.1 Å². The van der Waals surface area contributed by atoms with Crippen LogP contribution in [0, 0.1) is 34.6 Å². The number of aromatic nitrogens is 1. The Morgan fingerprint density at radius 3 is 2.24 bits per heavy atom. The summed E-state index contributed by atoms with van der Waals surface area (Å²) in [6.07, 6.45) is 0.174. The normalized spacial score (nSPS) is 10.6. The van der Waals surface area contributed by atoms with Gasteiger partial charge in [-0.1, -0.05) is 22.9 Å². The van der Waals surface area contributed by atoms with E-state index in [2.05, 4.69) is 10.5 Å². The van der Waals surface area contributed by atoms with E-state index >= 15 is 0 Å². The zero-order chi connectivity index (χ0) is 18.7. The molecule has 0 atom stereocenters. The van der Waals surface area contributed by atoms with E-state index in [1.165, 1.54) is 4.90 Å². The molecule has 2 aromatic rings. The fraction of sp³-hybridized carbons (Fsp3) is 0.421. The molecule has 0 aliphatic heterocycles. The molecule has 0 spiro atoms. The SMILES string of the molecule is Cc1cc(C)c(NC(=O)CN(C)C(=O)Cc2c(C)noc2C)c(C)c1. The van der Waals surface area contributed by atoms with Gasteiger partial charge in [-0.3, -0.25) is 9.59 Å². The lowest BCUT2D eigenvalue weighted by atomic mass is 10.1. The number of hydrogen-bond donors (Lipinski definition) is 1. The summed E-state index contributed by atoms with van der Waals surface area (Å²) in [5, 5.41) is 6.76. The fourth-order valence-electron chi connectivity index (χ4n) is 2.90. The summed E-state index contributed by atoms with van der Waals surface area (Å²) in [5.74, 6) is 0.265. The second-order valence-electron chi connectivity index (χ2n) is 6.55. The number of carbonyl (C=O) groups is 2. The van der Waals surface area contributed by atoms with Gasteiger partial charge < -0.3 is 14.7 Å². The molecule has 0 saturated heterocycles. The van der Waals surface area contributed by atoms with Gasteiger partial charge in [0.25, 0.3) is 0 Å². The summed E-state index contributed by atoms with van der Waals surface area (Å²) < 4.78 is 5.07. The minimum Gasteiger partial charge on any atom is -0.361 e. The van der Waals surface area contributed by atoms with Crippen LogP contribution in [0.3, 0.4) is 0 Å². The van der Waals surface area contributed by atoms with Gasteiger partial charge in [0.1, 0.15) is 5.76 Å². The van der Waals surface area contributed by atoms with Crippen molar-refractivity contribution in [3.8, 4) is 0 Å². The molecule has 1 heterocycles. The van der Waals surface area contributed by atoms with Gasteiger partial charge in [-0.15, -0.1) is 0 Å². The summed E-state index contributed by atoms with van der Waals surface area (Å²) in [4.78, 5) is 26.1. The van der Waals surface area contributed by atoms with Gasteiger partial charge in [-0.2, -0.15) is 0 Å². The molecule has 0 bridgehead atoms. The van der Waals surface area contributed by atoms with Gasteiger partial charge in [0.2, 0.25) is 11.8 Å². The van der Waals surface area contributed by atoms with Crippen LogP contribution < -0.4 is 5.32 Å². The first kappa shape index (κ1) is 18.7. The molecular weight excluding hydrogens is 318 g/mol. The first-order chi connectivity index (χ1) is 11.7. The third-order valence-electron chi connectivity index (χ3n) is 4.26. The number of aryl methyl sites for hydroxylation is 5. The Hall–Kier alpha value is -2.63. The molecule has 6 heteroatoms. The average molecular weight is 343 g/mol. The molecule has 0 radical (unpaired) electrons. The number of benzene rings is 1. The van der Waals surface area contributed by atoms with Crippen LogP contribution in [0.2, 0.25) is 0 Å². The molecule has 134 valence electrons. The zero-order valence-electron chi connectivity index (χ0n) is 15.7. The first-order valence-corrected chi connectivity index (χ1v) is 8.22. The first-order valence-electron chi connectivity index (χ1n) is 8.22. The molecule has 1 aromatic heterocycles. The van der Waals surface area contributed by atoms with Crippen molar-refractivity contribution in [1.29, 1.82) is 0 Å². The van der Waals surface area contributed by atoms with Gasteiger partial charge in [0, 0.05) is 18.3 Å². The lowest BCUT2D eigenvalue weighted by molar-refractivity contribution is -0.132. The predicted molar refractivity (Wildman–Crippen MR) is 96.6 cm³/mol. The van der Waals surface area contributed by atoms with E-state index in [0.29, 0.717) is 11.5 Å². The second-order valence-corrected chi connectivity index (χ2v) is 6.55. The van der Waals surface area contributed by atoms with E-state index in [-0.39, 0.29) is 24.8 Å². The van der Waals surface area contributed by atoms with E-state index < -0.39 is 0 Å². The Kier molecular flexibility index (Phi) is 5.62. The van der Waals surface area contributed by atoms with Crippen molar-refractivity contribution in [3.05, 3.63) is 45.8 Å². The number of rotatable bonds is 5. The van der Waals surface area contributed by atoms with Crippen molar-refractivity contribution in [2.24, 2.45) is 0 Å². The number of likely N-dealkylation sites (N-methyl/N-ethyl adjacent to an activating group) is 1. The highest BCUT2D eigenvalue weighted by Gasteiger charge is 2.18. The van der Waals surface area contributed by atoms with Crippen LogP contribution in [-0.4, -0.2) is 35.5 Å². The highest BCUT2D eigenvalue weighted by atomic mass is 16.5. The third-order valence-corrected chi connectivity index (χ3v) is 4.26. The number of hydrogen-bond acceptors (Lipinski definition) is 4. The van der Waals surface area contributed by atoms with Crippen LogP contribution in [-0.2, 0) is 16.0 Å². The Morgan fingerprint density at radius 1 is 1.12 bits per heavy atom. The number of nitrogens with one attached hydrogen (secondary N) is 1. The number of anilines is 1. The Balaban J connectivity index is 1.99. The van der Waals surface area contributed by atoms with Crippen LogP contribution in [0.5, 0.6) is 0 Å². The number of nitrogens with zero attached hydrogens (tertiary/aromatic N) is 2. The highest BCUT2D eigenvalue weighted by molar-refractivity contribution is 5.96. The Morgan fingerprint density at radius 2 is 1.72 bits per heavy atom. The van der Waals surface area contributed by atoms with Gasteiger partial charge in [-0.25, -0.2) is 0 Å². The molecule has 1 N–H and O–H groups in total. The van der Waals surface area contributed by atoms with Gasteiger partial charge >= 0.3 is 0 Å². The smallest absolute Gasteiger partial charge is 0.243 e. The minimum absolute atomic E-state index is 0.00500. The number of amides is 2. The standard InChI is InChI=1S/C19H25N3O3/c1-11-7-12(2)19(13(3)8-11)20-17(23)10-22(6)18(24)9-16-14(4)21-25-15(16)5/h7-8H,9-10H2,1-6H3,(H,20,23). The molecule has 2 amide bonds. The van der Waals surface area contributed by atoms with Crippen LogP contribution in [0.25, 0.3) is 0 Å². The van der Waals surface area contributed by atoms with Crippen molar-refractivity contribution in [1.82, 2.24) is 10.1 Å². The van der Waals surface area contributed by atoms with E-state index in [4.69, 9.17) is 4.52 Å². The largest absolute Gasteiger partial charge is 0.361 e. The maximum absolute atomic E-state index is 12.4. The maximum Gasteiger partial charge on any atom is 0.243 e. The minimum atomic E-state index is -0.218. The second kappa shape index (κ2) is 7.51. The molecule has 0 aliphatic rings. The zero-order valence-corrected chi connectivity index (χ0v) is 15.7. The molecule has 1 aromatic carbocycles. The van der Waals surface area contributed by atoms with Crippen LogP contribution >= 0.6 is 0 Å². The van der Waals surface area contributed by atoms with E-state index in [0.717, 1.165) is 27.9 Å².